The van der Waals surface area contributed by atoms with Crippen molar-refractivity contribution < 1.29 is 0 Å². The summed E-state index contributed by atoms with van der Waals surface area (Å²) in [6, 6.07) is 8.72. The highest BCUT2D eigenvalue weighted by Crippen LogP contribution is 2.25. The molecule has 4 heteroatoms. The molecule has 2 nitrogen and oxygen atoms in total. The van der Waals surface area contributed by atoms with Gasteiger partial charge in [0.1, 0.15) is 5.01 Å². The molecule has 0 aliphatic heterocycles. The van der Waals surface area contributed by atoms with Crippen molar-refractivity contribution >= 4 is 23.1 Å². The second-order valence-corrected chi connectivity index (χ2v) is 6.15. The lowest BCUT2D eigenvalue weighted by Gasteiger charge is -2.01. The van der Waals surface area contributed by atoms with Gasteiger partial charge in [-0.1, -0.05) is 31.2 Å². The van der Waals surface area contributed by atoms with Gasteiger partial charge in [0, 0.05) is 23.1 Å². The highest BCUT2D eigenvalue weighted by Gasteiger charge is 2.04. The molecule has 1 aromatic heterocycles. The molecule has 0 spiro atoms. The van der Waals surface area contributed by atoms with E-state index in [9.17, 15) is 0 Å². The minimum atomic E-state index is 0.663. The van der Waals surface area contributed by atoms with E-state index in [1.807, 2.05) is 11.8 Å². The molecule has 0 saturated carbocycles. The summed E-state index contributed by atoms with van der Waals surface area (Å²) < 4.78 is 0. The Kier molecular flexibility index (Phi) is 5.23. The SMILES string of the molecule is CCSCc1ccc(-c2nc(CCN)cs2)cc1. The van der Waals surface area contributed by atoms with Gasteiger partial charge < -0.3 is 5.73 Å². The Balaban J connectivity index is 2.07. The maximum Gasteiger partial charge on any atom is 0.123 e. The number of hydrogen-bond donors (Lipinski definition) is 1. The van der Waals surface area contributed by atoms with Crippen LogP contribution >= 0.6 is 23.1 Å². The van der Waals surface area contributed by atoms with Gasteiger partial charge in [0.2, 0.25) is 0 Å². The van der Waals surface area contributed by atoms with Gasteiger partial charge in [0.15, 0.2) is 0 Å². The largest absolute Gasteiger partial charge is 0.330 e. The van der Waals surface area contributed by atoms with E-state index >= 15 is 0 Å². The standard InChI is InChI=1S/C14H18N2S2/c1-2-17-9-11-3-5-12(6-4-11)14-16-13(7-8-15)10-18-14/h3-6,10H,2,7-9,15H2,1H3. The molecule has 0 aliphatic rings. The van der Waals surface area contributed by atoms with Crippen molar-refractivity contribution in [1.29, 1.82) is 0 Å². The number of rotatable bonds is 6. The zero-order valence-corrected chi connectivity index (χ0v) is 12.2. The molecule has 0 aliphatic carbocycles. The Morgan fingerprint density at radius 2 is 2.06 bits per heavy atom. The van der Waals surface area contributed by atoms with Crippen molar-refractivity contribution in [2.75, 3.05) is 12.3 Å². The summed E-state index contributed by atoms with van der Waals surface area (Å²) in [5.41, 5.74) is 9.22. The first kappa shape index (κ1) is 13.6. The summed E-state index contributed by atoms with van der Waals surface area (Å²) in [5.74, 6) is 2.25. The molecule has 96 valence electrons. The van der Waals surface area contributed by atoms with E-state index in [0.29, 0.717) is 6.54 Å². The third kappa shape index (κ3) is 3.57. The number of nitrogens with zero attached hydrogens (tertiary/aromatic N) is 1. The molecule has 0 radical (unpaired) electrons. The zero-order valence-electron chi connectivity index (χ0n) is 10.6. The number of aromatic nitrogens is 1. The molecule has 0 unspecified atom stereocenters. The van der Waals surface area contributed by atoms with Gasteiger partial charge >= 0.3 is 0 Å². The molecule has 18 heavy (non-hydrogen) atoms. The van der Waals surface area contributed by atoms with Crippen molar-refractivity contribution in [2.45, 2.75) is 19.1 Å². The lowest BCUT2D eigenvalue weighted by molar-refractivity contribution is 0.936. The molecular weight excluding hydrogens is 260 g/mol. The third-order valence-electron chi connectivity index (χ3n) is 2.63. The first-order valence-electron chi connectivity index (χ1n) is 6.15. The van der Waals surface area contributed by atoms with E-state index in [-0.39, 0.29) is 0 Å². The van der Waals surface area contributed by atoms with Crippen LogP contribution in [0.15, 0.2) is 29.6 Å². The van der Waals surface area contributed by atoms with Crippen LogP contribution in [0.3, 0.4) is 0 Å². The van der Waals surface area contributed by atoms with E-state index in [4.69, 9.17) is 5.73 Å². The summed E-state index contributed by atoms with van der Waals surface area (Å²) in [6.45, 7) is 2.85. The normalized spacial score (nSPS) is 10.8. The lowest BCUT2D eigenvalue weighted by atomic mass is 10.1. The Morgan fingerprint density at radius 1 is 1.28 bits per heavy atom. The van der Waals surface area contributed by atoms with Gasteiger partial charge in [-0.15, -0.1) is 11.3 Å². The molecule has 0 saturated heterocycles. The molecule has 2 rings (SSSR count). The topological polar surface area (TPSA) is 38.9 Å². The van der Waals surface area contributed by atoms with Gasteiger partial charge in [-0.05, 0) is 17.9 Å². The van der Waals surface area contributed by atoms with Gasteiger partial charge in [-0.25, -0.2) is 4.98 Å². The minimum Gasteiger partial charge on any atom is -0.330 e. The van der Waals surface area contributed by atoms with Gasteiger partial charge in [0.25, 0.3) is 0 Å². The van der Waals surface area contributed by atoms with Crippen LogP contribution in [-0.2, 0) is 12.2 Å². The first-order valence-corrected chi connectivity index (χ1v) is 8.18. The predicted molar refractivity (Wildman–Crippen MR) is 82.1 cm³/mol. The minimum absolute atomic E-state index is 0.663. The molecule has 0 fully saturated rings. The van der Waals surface area contributed by atoms with Crippen molar-refractivity contribution in [3.8, 4) is 10.6 Å². The fourth-order valence-corrected chi connectivity index (χ4v) is 3.16. The number of hydrogen-bond acceptors (Lipinski definition) is 4. The molecule has 0 atom stereocenters. The van der Waals surface area contributed by atoms with Crippen molar-refractivity contribution in [3.05, 3.63) is 40.9 Å². The summed E-state index contributed by atoms with van der Waals surface area (Å²) in [4.78, 5) is 4.60. The maximum atomic E-state index is 5.54. The summed E-state index contributed by atoms with van der Waals surface area (Å²) in [7, 11) is 0. The van der Waals surface area contributed by atoms with E-state index < -0.39 is 0 Å². The number of nitrogens with two attached hydrogens (primary N) is 1. The van der Waals surface area contributed by atoms with Gasteiger partial charge in [0.05, 0.1) is 5.69 Å². The fraction of sp³-hybridized carbons (Fsp3) is 0.357. The van der Waals surface area contributed by atoms with Crippen LogP contribution in [0, 0.1) is 0 Å². The van der Waals surface area contributed by atoms with Gasteiger partial charge in [-0.3, -0.25) is 0 Å². The van der Waals surface area contributed by atoms with Crippen LogP contribution < -0.4 is 5.73 Å². The molecule has 2 aromatic rings. The van der Waals surface area contributed by atoms with E-state index in [1.165, 1.54) is 11.1 Å². The van der Waals surface area contributed by atoms with Crippen LogP contribution in [-0.4, -0.2) is 17.3 Å². The van der Waals surface area contributed by atoms with Crippen molar-refractivity contribution in [2.24, 2.45) is 5.73 Å². The molecule has 0 amide bonds. The summed E-state index contributed by atoms with van der Waals surface area (Å²) in [6.07, 6.45) is 0.863. The Morgan fingerprint density at radius 3 is 2.72 bits per heavy atom. The fourth-order valence-electron chi connectivity index (χ4n) is 1.67. The number of benzene rings is 1. The summed E-state index contributed by atoms with van der Waals surface area (Å²) >= 11 is 3.64. The second kappa shape index (κ2) is 6.92. The van der Waals surface area contributed by atoms with E-state index in [2.05, 4.69) is 41.6 Å². The second-order valence-electron chi connectivity index (χ2n) is 4.02. The van der Waals surface area contributed by atoms with Crippen LogP contribution in [0.5, 0.6) is 0 Å². The lowest BCUT2D eigenvalue weighted by Crippen LogP contribution is -2.02. The molecule has 0 bridgehead atoms. The summed E-state index contributed by atoms with van der Waals surface area (Å²) in [5, 5.41) is 3.19. The van der Waals surface area contributed by atoms with Gasteiger partial charge in [-0.2, -0.15) is 11.8 Å². The molecule has 1 heterocycles. The van der Waals surface area contributed by atoms with Crippen molar-refractivity contribution in [3.63, 3.8) is 0 Å². The highest BCUT2D eigenvalue weighted by atomic mass is 32.2. The first-order chi connectivity index (χ1) is 8.83. The Hall–Kier alpha value is -0.840. The van der Waals surface area contributed by atoms with Crippen LogP contribution in [0.2, 0.25) is 0 Å². The average Bonchev–Trinajstić information content (AvgIpc) is 2.86. The smallest absolute Gasteiger partial charge is 0.123 e. The Labute approximate surface area is 117 Å². The zero-order chi connectivity index (χ0) is 12.8. The third-order valence-corrected chi connectivity index (χ3v) is 4.51. The van der Waals surface area contributed by atoms with Crippen molar-refractivity contribution in [1.82, 2.24) is 4.98 Å². The quantitative estimate of drug-likeness (QED) is 0.878. The van der Waals surface area contributed by atoms with E-state index in [1.54, 1.807) is 11.3 Å². The molecule has 1 aromatic carbocycles. The van der Waals surface area contributed by atoms with Crippen LogP contribution in [0.1, 0.15) is 18.2 Å². The Bertz CT molecular complexity index is 477. The van der Waals surface area contributed by atoms with Crippen LogP contribution in [0.4, 0.5) is 0 Å². The molecule has 2 N–H and O–H groups in total. The highest BCUT2D eigenvalue weighted by molar-refractivity contribution is 7.98. The molecular formula is C14H18N2S2. The monoisotopic (exact) mass is 278 g/mol. The number of thioether (sulfide) groups is 1. The average molecular weight is 278 g/mol. The van der Waals surface area contributed by atoms with Crippen LogP contribution in [0.25, 0.3) is 10.6 Å². The van der Waals surface area contributed by atoms with E-state index in [0.717, 1.165) is 28.6 Å². The predicted octanol–water partition coefficient (Wildman–Crippen LogP) is 3.56. The number of thiazole rings is 1. The maximum absolute atomic E-state index is 5.54.